The van der Waals surface area contributed by atoms with Crippen LogP contribution in [0.25, 0.3) is 0 Å². The standard InChI is InChI=1S/C22H31N2OP/c1-2-3-17-24-18-10-11-20(16-19-24)23-26(25,21-12-6-4-7-13-21)22-14-8-5-9-15-22/h4-9,12-15,20H,2-3,10-11,16-19H2,1H3,(H,23,25). The maximum atomic E-state index is 14.1. The molecule has 1 unspecified atom stereocenters. The molecule has 1 aliphatic heterocycles. The summed E-state index contributed by atoms with van der Waals surface area (Å²) >= 11 is 0. The van der Waals surface area contributed by atoms with E-state index in [4.69, 9.17) is 0 Å². The number of benzene rings is 2. The lowest BCUT2D eigenvalue weighted by molar-refractivity contribution is 0.279. The summed E-state index contributed by atoms with van der Waals surface area (Å²) in [6, 6.07) is 20.1. The smallest absolute Gasteiger partial charge is 0.204 e. The van der Waals surface area contributed by atoms with Crippen LogP contribution >= 0.6 is 7.29 Å². The van der Waals surface area contributed by atoms with Crippen molar-refractivity contribution >= 4 is 17.9 Å². The molecule has 0 spiro atoms. The highest BCUT2D eigenvalue weighted by Crippen LogP contribution is 2.40. The monoisotopic (exact) mass is 370 g/mol. The Morgan fingerprint density at radius 2 is 1.58 bits per heavy atom. The lowest BCUT2D eigenvalue weighted by Gasteiger charge is -2.26. The van der Waals surface area contributed by atoms with Crippen molar-refractivity contribution in [3.8, 4) is 0 Å². The first-order chi connectivity index (χ1) is 12.7. The van der Waals surface area contributed by atoms with Crippen molar-refractivity contribution in [3.63, 3.8) is 0 Å². The fourth-order valence-corrected chi connectivity index (χ4v) is 6.27. The molecule has 1 fully saturated rings. The Morgan fingerprint density at radius 1 is 0.962 bits per heavy atom. The maximum absolute atomic E-state index is 14.1. The van der Waals surface area contributed by atoms with Crippen LogP contribution in [0.1, 0.15) is 39.0 Å². The minimum atomic E-state index is -2.82. The van der Waals surface area contributed by atoms with Crippen LogP contribution in [0.2, 0.25) is 0 Å². The molecule has 3 nitrogen and oxygen atoms in total. The molecule has 1 aliphatic rings. The minimum Gasteiger partial charge on any atom is -0.303 e. The lowest BCUT2D eigenvalue weighted by atomic mass is 10.1. The predicted molar refractivity (Wildman–Crippen MR) is 112 cm³/mol. The summed E-state index contributed by atoms with van der Waals surface area (Å²) in [4.78, 5) is 2.57. The molecule has 2 aromatic rings. The van der Waals surface area contributed by atoms with Crippen LogP contribution in [0, 0.1) is 0 Å². The molecule has 0 saturated carbocycles. The van der Waals surface area contributed by atoms with Crippen molar-refractivity contribution < 1.29 is 4.57 Å². The third-order valence-electron chi connectivity index (χ3n) is 5.25. The normalized spacial score (nSPS) is 19.2. The van der Waals surface area contributed by atoms with Crippen LogP contribution in [-0.2, 0) is 4.57 Å². The first-order valence-electron chi connectivity index (χ1n) is 9.94. The van der Waals surface area contributed by atoms with Gasteiger partial charge in [-0.15, -0.1) is 0 Å². The average Bonchev–Trinajstić information content (AvgIpc) is 2.92. The van der Waals surface area contributed by atoms with E-state index in [0.29, 0.717) is 6.04 Å². The van der Waals surface area contributed by atoms with Gasteiger partial charge in [-0.25, -0.2) is 0 Å². The summed E-state index contributed by atoms with van der Waals surface area (Å²) in [5.41, 5.74) is 0. The van der Waals surface area contributed by atoms with Gasteiger partial charge in [0, 0.05) is 16.7 Å². The first-order valence-corrected chi connectivity index (χ1v) is 11.6. The highest BCUT2D eigenvalue weighted by atomic mass is 31.2. The lowest BCUT2D eigenvalue weighted by Crippen LogP contribution is -2.36. The Kier molecular flexibility index (Phi) is 7.07. The molecule has 0 bridgehead atoms. The quantitative estimate of drug-likeness (QED) is 0.743. The largest absolute Gasteiger partial charge is 0.303 e. The van der Waals surface area contributed by atoms with E-state index in [2.05, 4.69) is 16.9 Å². The van der Waals surface area contributed by atoms with Crippen molar-refractivity contribution in [1.29, 1.82) is 0 Å². The van der Waals surface area contributed by atoms with E-state index in [9.17, 15) is 4.57 Å². The molecule has 0 radical (unpaired) electrons. The van der Waals surface area contributed by atoms with E-state index < -0.39 is 7.29 Å². The van der Waals surface area contributed by atoms with Crippen LogP contribution in [0.15, 0.2) is 60.7 Å². The fraction of sp³-hybridized carbons (Fsp3) is 0.455. The van der Waals surface area contributed by atoms with E-state index in [1.165, 1.54) is 32.4 Å². The molecule has 0 aromatic heterocycles. The Bertz CT molecular complexity index is 661. The maximum Gasteiger partial charge on any atom is 0.204 e. The number of hydrogen-bond donors (Lipinski definition) is 1. The first kappa shape index (κ1) is 19.4. The number of likely N-dealkylation sites (tertiary alicyclic amines) is 1. The predicted octanol–water partition coefficient (Wildman–Crippen LogP) is 4.16. The molecular weight excluding hydrogens is 339 g/mol. The molecule has 1 N–H and O–H groups in total. The van der Waals surface area contributed by atoms with E-state index in [1.54, 1.807) is 0 Å². The highest BCUT2D eigenvalue weighted by molar-refractivity contribution is 7.76. The SMILES string of the molecule is CCCCN1CCCC(NP(=O)(c2ccccc2)c2ccccc2)CC1. The number of unbranched alkanes of at least 4 members (excludes halogenated alkanes) is 1. The van der Waals surface area contributed by atoms with Gasteiger partial charge in [0.05, 0.1) is 0 Å². The van der Waals surface area contributed by atoms with Crippen molar-refractivity contribution in [2.45, 2.75) is 45.1 Å². The van der Waals surface area contributed by atoms with E-state index in [0.717, 1.165) is 30.0 Å². The molecule has 0 aliphatic carbocycles. The van der Waals surface area contributed by atoms with Crippen LogP contribution in [0.5, 0.6) is 0 Å². The van der Waals surface area contributed by atoms with Crippen LogP contribution < -0.4 is 15.7 Å². The van der Waals surface area contributed by atoms with Gasteiger partial charge in [-0.2, -0.15) is 0 Å². The zero-order chi connectivity index (χ0) is 18.2. The molecule has 1 atom stereocenters. The van der Waals surface area contributed by atoms with Crippen LogP contribution in [-0.4, -0.2) is 30.6 Å². The summed E-state index contributed by atoms with van der Waals surface area (Å²) in [5.74, 6) is 0. The fourth-order valence-electron chi connectivity index (χ4n) is 3.72. The van der Waals surface area contributed by atoms with E-state index >= 15 is 0 Å². The van der Waals surface area contributed by atoms with Crippen molar-refractivity contribution in [2.75, 3.05) is 19.6 Å². The number of nitrogens with one attached hydrogen (secondary N) is 1. The van der Waals surface area contributed by atoms with E-state index in [-0.39, 0.29) is 0 Å². The Labute approximate surface area is 158 Å². The van der Waals surface area contributed by atoms with Crippen LogP contribution in [0.3, 0.4) is 0 Å². The zero-order valence-electron chi connectivity index (χ0n) is 15.8. The molecular formula is C22H31N2OP. The average molecular weight is 370 g/mol. The molecule has 1 heterocycles. The topological polar surface area (TPSA) is 32.3 Å². The summed E-state index contributed by atoms with van der Waals surface area (Å²) in [6.07, 6.45) is 5.84. The van der Waals surface area contributed by atoms with Gasteiger partial charge in [0.2, 0.25) is 7.29 Å². The van der Waals surface area contributed by atoms with Crippen molar-refractivity contribution in [3.05, 3.63) is 60.7 Å². The van der Waals surface area contributed by atoms with Gasteiger partial charge in [-0.05, 0) is 69.6 Å². The highest BCUT2D eigenvalue weighted by Gasteiger charge is 2.30. The van der Waals surface area contributed by atoms with Crippen molar-refractivity contribution in [1.82, 2.24) is 9.99 Å². The van der Waals surface area contributed by atoms with Gasteiger partial charge in [-0.1, -0.05) is 49.7 Å². The third-order valence-corrected chi connectivity index (χ3v) is 8.03. The zero-order valence-corrected chi connectivity index (χ0v) is 16.7. The van der Waals surface area contributed by atoms with Gasteiger partial charge in [-0.3, -0.25) is 9.65 Å². The molecule has 1 saturated heterocycles. The molecule has 2 aromatic carbocycles. The molecule has 4 heteroatoms. The summed E-state index contributed by atoms with van der Waals surface area (Å²) in [7, 11) is -2.82. The Morgan fingerprint density at radius 3 is 2.15 bits per heavy atom. The van der Waals surface area contributed by atoms with Gasteiger partial charge >= 0.3 is 0 Å². The Hall–Kier alpha value is -1.41. The summed E-state index contributed by atoms with van der Waals surface area (Å²) in [6.45, 7) is 5.71. The molecule has 0 amide bonds. The molecule has 140 valence electrons. The van der Waals surface area contributed by atoms with Gasteiger partial charge in [0.1, 0.15) is 0 Å². The van der Waals surface area contributed by atoms with Gasteiger partial charge in [0.25, 0.3) is 0 Å². The third kappa shape index (κ3) is 4.85. The van der Waals surface area contributed by atoms with E-state index in [1.807, 2.05) is 60.7 Å². The minimum absolute atomic E-state index is 0.299. The van der Waals surface area contributed by atoms with Gasteiger partial charge < -0.3 is 4.90 Å². The van der Waals surface area contributed by atoms with Crippen LogP contribution in [0.4, 0.5) is 0 Å². The second-order valence-electron chi connectivity index (χ2n) is 7.23. The molecule has 26 heavy (non-hydrogen) atoms. The van der Waals surface area contributed by atoms with Gasteiger partial charge in [0.15, 0.2) is 0 Å². The second kappa shape index (κ2) is 9.50. The summed E-state index contributed by atoms with van der Waals surface area (Å²) in [5, 5.41) is 5.41. The number of hydrogen-bond acceptors (Lipinski definition) is 2. The van der Waals surface area contributed by atoms with Crippen molar-refractivity contribution in [2.24, 2.45) is 0 Å². The number of rotatable bonds is 7. The summed E-state index contributed by atoms with van der Waals surface area (Å²) < 4.78 is 14.1. The Balaban J connectivity index is 1.78. The number of nitrogens with zero attached hydrogens (tertiary/aromatic N) is 1. The second-order valence-corrected chi connectivity index (χ2v) is 9.74. The molecule has 3 rings (SSSR count).